The first-order valence-corrected chi connectivity index (χ1v) is 18.0. The molecule has 0 amide bonds. The molecular formula is C42H48N4O6. The second kappa shape index (κ2) is 15.9. The van der Waals surface area contributed by atoms with Gasteiger partial charge in [0.15, 0.2) is 11.6 Å². The summed E-state index contributed by atoms with van der Waals surface area (Å²) in [6.45, 7) is 9.53. The molecule has 2 fully saturated rings. The lowest BCUT2D eigenvalue weighted by atomic mass is 9.98. The van der Waals surface area contributed by atoms with Gasteiger partial charge < -0.3 is 18.9 Å². The van der Waals surface area contributed by atoms with Gasteiger partial charge in [-0.05, 0) is 72.8 Å². The van der Waals surface area contributed by atoms with Gasteiger partial charge in [-0.15, -0.1) is 0 Å². The number of ether oxygens (including phenoxy) is 4. The van der Waals surface area contributed by atoms with Gasteiger partial charge in [-0.25, -0.2) is 0 Å². The molecule has 0 N–H and O–H groups in total. The number of carbonyl (C=O) groups excluding carboxylic acids is 2. The van der Waals surface area contributed by atoms with Gasteiger partial charge in [0, 0.05) is 123 Å². The van der Waals surface area contributed by atoms with E-state index in [2.05, 4.69) is 19.6 Å². The molecule has 0 aliphatic carbocycles. The van der Waals surface area contributed by atoms with Crippen molar-refractivity contribution in [3.05, 3.63) is 117 Å². The van der Waals surface area contributed by atoms with E-state index in [0.717, 1.165) is 97.6 Å². The first kappa shape index (κ1) is 35.7. The molecule has 0 saturated carbocycles. The maximum absolute atomic E-state index is 14.0. The molecule has 6 aliphatic rings. The van der Waals surface area contributed by atoms with Crippen LogP contribution in [0.25, 0.3) is 0 Å². The molecule has 12 bridgehead atoms. The zero-order chi connectivity index (χ0) is 36.2. The van der Waals surface area contributed by atoms with Crippen LogP contribution in [0.2, 0.25) is 0 Å². The second-order valence-electron chi connectivity index (χ2n) is 13.9. The standard InChI is InChI=1S/C42H48N4O6/c1-49-37-9-5-29-21-33(37)25-43-13-15-44(16-14-43)26-35-23-31(7-11-39(35)51-3)42(48)32-8-12-40(52-4)36(24-32)28-46-19-17-45(18-20-46)27-34-22-30(41(29)47)6-10-38(34)50-2/h5-12,21-24H,13-20,25-28H2,1-4H3. The highest BCUT2D eigenvalue weighted by atomic mass is 16.5. The molecule has 0 aromatic heterocycles. The molecule has 2 saturated heterocycles. The van der Waals surface area contributed by atoms with Crippen LogP contribution in [0.3, 0.4) is 0 Å². The zero-order valence-corrected chi connectivity index (χ0v) is 30.7. The third kappa shape index (κ3) is 7.71. The van der Waals surface area contributed by atoms with E-state index in [0.29, 0.717) is 48.4 Å². The van der Waals surface area contributed by atoms with E-state index in [1.807, 2.05) is 72.8 Å². The van der Waals surface area contributed by atoms with Crippen LogP contribution in [0.15, 0.2) is 72.8 Å². The Hall–Kier alpha value is -4.74. The van der Waals surface area contributed by atoms with Gasteiger partial charge in [0.2, 0.25) is 0 Å². The molecule has 4 aromatic rings. The van der Waals surface area contributed by atoms with Crippen molar-refractivity contribution in [2.75, 3.05) is 80.8 Å². The van der Waals surface area contributed by atoms with Gasteiger partial charge in [0.05, 0.1) is 28.4 Å². The summed E-state index contributed by atoms with van der Waals surface area (Å²) in [6, 6.07) is 23.0. The number of hydrogen-bond acceptors (Lipinski definition) is 10. The van der Waals surface area contributed by atoms with Crippen molar-refractivity contribution in [3.63, 3.8) is 0 Å². The smallest absolute Gasteiger partial charge is 0.193 e. The van der Waals surface area contributed by atoms with Crippen LogP contribution in [-0.2, 0) is 26.2 Å². The van der Waals surface area contributed by atoms with Crippen LogP contribution in [0.4, 0.5) is 0 Å². The van der Waals surface area contributed by atoms with Crippen molar-refractivity contribution in [1.29, 1.82) is 0 Å². The monoisotopic (exact) mass is 704 g/mol. The van der Waals surface area contributed by atoms with Crippen molar-refractivity contribution in [1.82, 2.24) is 19.6 Å². The number of piperazine rings is 2. The maximum atomic E-state index is 14.0. The lowest BCUT2D eigenvalue weighted by Gasteiger charge is -2.35. The Bertz CT molecular complexity index is 1660. The van der Waals surface area contributed by atoms with Crippen LogP contribution in [0, 0.1) is 0 Å². The van der Waals surface area contributed by atoms with Crippen LogP contribution < -0.4 is 18.9 Å². The number of methoxy groups -OCH3 is 4. The highest BCUT2D eigenvalue weighted by molar-refractivity contribution is 6.10. The summed E-state index contributed by atoms with van der Waals surface area (Å²) in [5.41, 5.74) is 6.52. The van der Waals surface area contributed by atoms with E-state index in [4.69, 9.17) is 18.9 Å². The predicted octanol–water partition coefficient (Wildman–Crippen LogP) is 5.13. The van der Waals surface area contributed by atoms with E-state index >= 15 is 0 Å². The van der Waals surface area contributed by atoms with Gasteiger partial charge in [-0.1, -0.05) is 0 Å². The summed E-state index contributed by atoms with van der Waals surface area (Å²) in [5, 5.41) is 0. The largest absolute Gasteiger partial charge is 0.496 e. The minimum Gasteiger partial charge on any atom is -0.496 e. The van der Waals surface area contributed by atoms with Crippen molar-refractivity contribution >= 4 is 11.6 Å². The lowest BCUT2D eigenvalue weighted by molar-refractivity contribution is 0.102. The summed E-state index contributed by atoms with van der Waals surface area (Å²) in [4.78, 5) is 37.5. The molecule has 52 heavy (non-hydrogen) atoms. The van der Waals surface area contributed by atoms with E-state index in [1.54, 1.807) is 28.4 Å². The average molecular weight is 705 g/mol. The SMILES string of the molecule is COc1ccc2cc1CN1CCN(CC1)Cc1cc(ccc1OC)C(=O)c1ccc(OC)c(c1)CN1CCN(CC1)Cc1cc(ccc1OC)C2=O. The molecule has 6 aliphatic heterocycles. The Morgan fingerprint density at radius 2 is 0.577 bits per heavy atom. The normalized spacial score (nSPS) is 22.2. The zero-order valence-electron chi connectivity index (χ0n) is 30.7. The Morgan fingerprint density at radius 3 is 0.769 bits per heavy atom. The van der Waals surface area contributed by atoms with Crippen molar-refractivity contribution in [2.45, 2.75) is 26.2 Å². The number of ketones is 2. The molecule has 10 heteroatoms. The van der Waals surface area contributed by atoms with Gasteiger partial charge in [0.25, 0.3) is 0 Å². The molecule has 0 unspecified atom stereocenters. The minimum atomic E-state index is -0.0188. The fourth-order valence-electron chi connectivity index (χ4n) is 7.68. The van der Waals surface area contributed by atoms with E-state index in [9.17, 15) is 9.59 Å². The first-order valence-electron chi connectivity index (χ1n) is 18.0. The average Bonchev–Trinajstić information content (AvgIpc) is 3.18. The summed E-state index contributed by atoms with van der Waals surface area (Å²) in [7, 11) is 6.71. The quantitative estimate of drug-likeness (QED) is 0.285. The molecular weight excluding hydrogens is 656 g/mol. The topological polar surface area (TPSA) is 84.0 Å². The third-order valence-corrected chi connectivity index (χ3v) is 10.7. The van der Waals surface area contributed by atoms with Crippen molar-refractivity contribution in [2.24, 2.45) is 0 Å². The Kier molecular flexibility index (Phi) is 10.9. The van der Waals surface area contributed by atoms with Crippen molar-refractivity contribution < 1.29 is 28.5 Å². The summed E-state index contributed by atoms with van der Waals surface area (Å²) in [6.07, 6.45) is 0. The van der Waals surface area contributed by atoms with Crippen LogP contribution >= 0.6 is 0 Å². The summed E-state index contributed by atoms with van der Waals surface area (Å²) < 4.78 is 23.0. The van der Waals surface area contributed by atoms with Gasteiger partial charge in [-0.2, -0.15) is 0 Å². The van der Waals surface area contributed by atoms with Gasteiger partial charge in [0.1, 0.15) is 23.0 Å². The third-order valence-electron chi connectivity index (χ3n) is 10.7. The number of rotatable bonds is 4. The van der Waals surface area contributed by atoms with E-state index < -0.39 is 0 Å². The molecule has 0 radical (unpaired) electrons. The van der Waals surface area contributed by atoms with Crippen LogP contribution in [0.5, 0.6) is 23.0 Å². The second-order valence-corrected chi connectivity index (χ2v) is 13.9. The Labute approximate surface area is 306 Å². The van der Waals surface area contributed by atoms with Crippen LogP contribution in [0.1, 0.15) is 54.1 Å². The molecule has 0 spiro atoms. The van der Waals surface area contributed by atoms with Crippen LogP contribution in [-0.4, -0.2) is 112 Å². The molecule has 6 heterocycles. The minimum absolute atomic E-state index is 0.0188. The number of carbonyl (C=O) groups is 2. The molecule has 10 rings (SSSR count). The van der Waals surface area contributed by atoms with Gasteiger partial charge >= 0.3 is 0 Å². The van der Waals surface area contributed by atoms with E-state index in [-0.39, 0.29) is 11.6 Å². The van der Waals surface area contributed by atoms with Gasteiger partial charge in [-0.3, -0.25) is 29.2 Å². The van der Waals surface area contributed by atoms with Crippen molar-refractivity contribution in [3.8, 4) is 23.0 Å². The Balaban J connectivity index is 1.22. The number of benzene rings is 4. The number of nitrogens with zero attached hydrogens (tertiary/aromatic N) is 4. The van der Waals surface area contributed by atoms with E-state index in [1.165, 1.54) is 0 Å². The summed E-state index contributed by atoms with van der Waals surface area (Å²) in [5.74, 6) is 3.06. The highest BCUT2D eigenvalue weighted by Crippen LogP contribution is 2.30. The molecule has 4 aromatic carbocycles. The number of hydrogen-bond donors (Lipinski definition) is 0. The first-order chi connectivity index (χ1) is 25.3. The highest BCUT2D eigenvalue weighted by Gasteiger charge is 2.24. The molecule has 10 nitrogen and oxygen atoms in total. The fourth-order valence-corrected chi connectivity index (χ4v) is 7.68. The lowest BCUT2D eigenvalue weighted by Crippen LogP contribution is -2.45. The maximum Gasteiger partial charge on any atom is 0.193 e. The fraction of sp³-hybridized carbons (Fsp3) is 0.381. The predicted molar refractivity (Wildman–Crippen MR) is 200 cm³/mol. The summed E-state index contributed by atoms with van der Waals surface area (Å²) >= 11 is 0. The molecule has 272 valence electrons. The molecule has 0 atom stereocenters. The Morgan fingerprint density at radius 1 is 0.365 bits per heavy atom.